The largest absolute Gasteiger partial charge is 0.381 e. The minimum Gasteiger partial charge on any atom is -0.381 e. The van der Waals surface area contributed by atoms with Gasteiger partial charge in [0.15, 0.2) is 0 Å². The van der Waals surface area contributed by atoms with Crippen LogP contribution in [0.1, 0.15) is 24.6 Å². The van der Waals surface area contributed by atoms with E-state index in [1.807, 2.05) is 7.11 Å². The second-order valence-corrected chi connectivity index (χ2v) is 6.84. The zero-order valence-electron chi connectivity index (χ0n) is 11.6. The predicted octanol–water partition coefficient (Wildman–Crippen LogP) is 3.23. The maximum atomic E-state index is 5.92. The van der Waals surface area contributed by atoms with Crippen LogP contribution in [-0.4, -0.2) is 38.5 Å². The van der Waals surface area contributed by atoms with E-state index in [2.05, 4.69) is 39.6 Å². The second-order valence-electron chi connectivity index (χ2n) is 4.93. The summed E-state index contributed by atoms with van der Waals surface area (Å²) in [5, 5.41) is 5.75. The van der Waals surface area contributed by atoms with Gasteiger partial charge >= 0.3 is 0 Å². The summed E-state index contributed by atoms with van der Waals surface area (Å²) in [5.41, 5.74) is -0.0925. The maximum Gasteiger partial charge on any atom is 0.0878 e. The number of likely N-dealkylation sites (N-methyl/N-ethyl adjacent to an activating group) is 1. The Kier molecular flexibility index (Phi) is 5.84. The van der Waals surface area contributed by atoms with Crippen molar-refractivity contribution >= 4 is 27.3 Å². The van der Waals surface area contributed by atoms with Crippen LogP contribution in [0.25, 0.3) is 0 Å². The van der Waals surface area contributed by atoms with Crippen molar-refractivity contribution in [3.8, 4) is 0 Å². The van der Waals surface area contributed by atoms with Crippen LogP contribution in [0.2, 0.25) is 0 Å². The summed E-state index contributed by atoms with van der Waals surface area (Å²) in [6.07, 6.45) is 2.94. The lowest BCUT2D eigenvalue weighted by Gasteiger charge is -2.42. The molecule has 0 radical (unpaired) electrons. The molecule has 0 spiro atoms. The molecule has 1 aromatic heterocycles. The van der Waals surface area contributed by atoms with Crippen LogP contribution < -0.4 is 5.32 Å². The Morgan fingerprint density at radius 1 is 1.53 bits per heavy atom. The van der Waals surface area contributed by atoms with Crippen LogP contribution in [0.5, 0.6) is 0 Å². The number of rotatable bonds is 6. The second kappa shape index (κ2) is 7.18. The average Bonchev–Trinajstić information content (AvgIpc) is 2.84. The summed E-state index contributed by atoms with van der Waals surface area (Å²) in [5.74, 6) is 0. The van der Waals surface area contributed by atoms with Gasteiger partial charge in [-0.15, -0.1) is 11.3 Å². The van der Waals surface area contributed by atoms with Gasteiger partial charge in [-0.3, -0.25) is 0 Å². The van der Waals surface area contributed by atoms with E-state index in [1.165, 1.54) is 9.35 Å². The Morgan fingerprint density at radius 2 is 2.26 bits per heavy atom. The monoisotopic (exact) mass is 347 g/mol. The van der Waals surface area contributed by atoms with Crippen LogP contribution in [-0.2, 0) is 15.9 Å². The molecule has 1 atom stereocenters. The van der Waals surface area contributed by atoms with Gasteiger partial charge in [0.1, 0.15) is 0 Å². The van der Waals surface area contributed by atoms with Gasteiger partial charge in [0, 0.05) is 53.9 Å². The molecule has 0 amide bonds. The van der Waals surface area contributed by atoms with Crippen LogP contribution in [0, 0.1) is 0 Å². The molecular formula is C14H22BrNO2S. The molecule has 1 aromatic rings. The third-order valence-corrected chi connectivity index (χ3v) is 5.58. The van der Waals surface area contributed by atoms with Gasteiger partial charge < -0.3 is 14.8 Å². The number of halogens is 1. The summed E-state index contributed by atoms with van der Waals surface area (Å²) >= 11 is 5.33. The van der Waals surface area contributed by atoms with Crippen molar-refractivity contribution in [2.24, 2.45) is 0 Å². The van der Waals surface area contributed by atoms with Gasteiger partial charge in [-0.2, -0.15) is 0 Å². The number of hydrogen-bond donors (Lipinski definition) is 1. The number of hydrogen-bond acceptors (Lipinski definition) is 4. The van der Waals surface area contributed by atoms with E-state index in [1.54, 1.807) is 11.3 Å². The fraction of sp³-hybridized carbons (Fsp3) is 0.714. The number of nitrogens with one attached hydrogen (secondary N) is 1. The highest BCUT2D eigenvalue weighted by atomic mass is 79.9. The summed E-state index contributed by atoms with van der Waals surface area (Å²) in [6.45, 7) is 4.71. The lowest BCUT2D eigenvalue weighted by Crippen LogP contribution is -2.56. The molecule has 1 aliphatic heterocycles. The van der Waals surface area contributed by atoms with Crippen molar-refractivity contribution in [2.75, 3.05) is 26.9 Å². The van der Waals surface area contributed by atoms with E-state index in [9.17, 15) is 0 Å². The third-order valence-electron chi connectivity index (χ3n) is 3.86. The molecule has 1 unspecified atom stereocenters. The van der Waals surface area contributed by atoms with Crippen LogP contribution >= 0.6 is 27.3 Å². The SMILES string of the molecule is CCNC(Cc1cc(Br)cs1)C1(OC)CCOCC1. The van der Waals surface area contributed by atoms with E-state index in [4.69, 9.17) is 9.47 Å². The lowest BCUT2D eigenvalue weighted by molar-refractivity contribution is -0.110. The summed E-state index contributed by atoms with van der Waals surface area (Å²) in [6, 6.07) is 2.55. The molecule has 2 rings (SSSR count). The smallest absolute Gasteiger partial charge is 0.0878 e. The van der Waals surface area contributed by atoms with Gasteiger partial charge in [-0.25, -0.2) is 0 Å². The fourth-order valence-corrected chi connectivity index (χ4v) is 4.26. The first-order valence-electron chi connectivity index (χ1n) is 6.79. The number of ether oxygens (including phenoxy) is 2. The Hall–Kier alpha value is 0.0600. The zero-order valence-corrected chi connectivity index (χ0v) is 14.0. The van der Waals surface area contributed by atoms with Gasteiger partial charge in [-0.1, -0.05) is 6.92 Å². The first-order valence-corrected chi connectivity index (χ1v) is 8.46. The van der Waals surface area contributed by atoms with Crippen molar-refractivity contribution in [3.05, 3.63) is 20.8 Å². The minimum atomic E-state index is -0.0925. The van der Waals surface area contributed by atoms with Crippen molar-refractivity contribution in [3.63, 3.8) is 0 Å². The first-order chi connectivity index (χ1) is 9.20. The first kappa shape index (κ1) is 15.4. The minimum absolute atomic E-state index is 0.0925. The standard InChI is InChI=1S/C14H22BrNO2S/c1-3-16-13(9-12-8-11(15)10-19-12)14(17-2)4-6-18-7-5-14/h8,10,13,16H,3-7,9H2,1-2H3. The van der Waals surface area contributed by atoms with E-state index in [-0.39, 0.29) is 5.60 Å². The molecular weight excluding hydrogens is 326 g/mol. The molecule has 3 nitrogen and oxygen atoms in total. The molecule has 1 saturated heterocycles. The van der Waals surface area contributed by atoms with E-state index < -0.39 is 0 Å². The fourth-order valence-electron chi connectivity index (χ4n) is 2.76. The highest BCUT2D eigenvalue weighted by Gasteiger charge is 2.40. The Labute approximate surface area is 127 Å². The molecule has 0 aliphatic carbocycles. The maximum absolute atomic E-state index is 5.92. The summed E-state index contributed by atoms with van der Waals surface area (Å²) in [4.78, 5) is 1.39. The molecule has 2 heterocycles. The molecule has 1 fully saturated rings. The van der Waals surface area contributed by atoms with E-state index in [0.717, 1.165) is 39.0 Å². The third kappa shape index (κ3) is 3.79. The summed E-state index contributed by atoms with van der Waals surface area (Å²) in [7, 11) is 1.83. The molecule has 5 heteroatoms. The molecule has 1 aliphatic rings. The van der Waals surface area contributed by atoms with Gasteiger partial charge in [0.25, 0.3) is 0 Å². The topological polar surface area (TPSA) is 30.5 Å². The highest BCUT2D eigenvalue weighted by molar-refractivity contribution is 9.10. The van der Waals surface area contributed by atoms with Crippen molar-refractivity contribution in [2.45, 2.75) is 37.8 Å². The number of thiophene rings is 1. The Bertz CT molecular complexity index is 391. The Morgan fingerprint density at radius 3 is 2.79 bits per heavy atom. The molecule has 1 N–H and O–H groups in total. The quantitative estimate of drug-likeness (QED) is 0.856. The van der Waals surface area contributed by atoms with Crippen LogP contribution in [0.15, 0.2) is 15.9 Å². The highest BCUT2D eigenvalue weighted by Crippen LogP contribution is 2.32. The molecule has 0 bridgehead atoms. The average molecular weight is 348 g/mol. The normalized spacial score (nSPS) is 20.4. The summed E-state index contributed by atoms with van der Waals surface area (Å²) < 4.78 is 12.6. The Balaban J connectivity index is 2.12. The zero-order chi connectivity index (χ0) is 13.7. The van der Waals surface area contributed by atoms with Crippen molar-refractivity contribution in [1.29, 1.82) is 0 Å². The van der Waals surface area contributed by atoms with E-state index in [0.29, 0.717) is 6.04 Å². The molecule has 0 saturated carbocycles. The van der Waals surface area contributed by atoms with E-state index >= 15 is 0 Å². The van der Waals surface area contributed by atoms with Crippen molar-refractivity contribution in [1.82, 2.24) is 5.32 Å². The van der Waals surface area contributed by atoms with Gasteiger partial charge in [-0.05, 0) is 35.0 Å². The predicted molar refractivity (Wildman–Crippen MR) is 83.0 cm³/mol. The number of methoxy groups -OCH3 is 1. The molecule has 19 heavy (non-hydrogen) atoms. The van der Waals surface area contributed by atoms with Crippen LogP contribution in [0.3, 0.4) is 0 Å². The van der Waals surface area contributed by atoms with Crippen molar-refractivity contribution < 1.29 is 9.47 Å². The van der Waals surface area contributed by atoms with Crippen LogP contribution in [0.4, 0.5) is 0 Å². The molecule has 0 aromatic carbocycles. The van der Waals surface area contributed by atoms with Gasteiger partial charge in [0.2, 0.25) is 0 Å². The lowest BCUT2D eigenvalue weighted by atomic mass is 9.83. The molecule has 108 valence electrons. The van der Waals surface area contributed by atoms with Gasteiger partial charge in [0.05, 0.1) is 5.60 Å².